The third-order valence-electron chi connectivity index (χ3n) is 3.44. The fraction of sp³-hybridized carbons (Fsp3) is 0.188. The van der Waals surface area contributed by atoms with Gasteiger partial charge in [0, 0.05) is 11.1 Å². The maximum Gasteiger partial charge on any atom is 0.220 e. The largest absolute Gasteiger partial charge is 0.496 e. The van der Waals surface area contributed by atoms with E-state index in [-0.39, 0.29) is 30.4 Å². The van der Waals surface area contributed by atoms with E-state index in [4.69, 9.17) is 9.47 Å². The van der Waals surface area contributed by atoms with Crippen LogP contribution in [0.4, 0.5) is 17.6 Å². The molecule has 0 radical (unpaired) electrons. The molecule has 1 heterocycles. The zero-order chi connectivity index (χ0) is 16.6. The molecule has 0 N–H and O–H groups in total. The van der Waals surface area contributed by atoms with Crippen LogP contribution >= 0.6 is 0 Å². The Labute approximate surface area is 129 Å². The number of halogens is 4. The summed E-state index contributed by atoms with van der Waals surface area (Å²) in [7, 11) is 1.33. The van der Waals surface area contributed by atoms with Crippen LogP contribution in [0.15, 0.2) is 29.3 Å². The van der Waals surface area contributed by atoms with Crippen LogP contribution in [0.5, 0.6) is 5.75 Å². The fourth-order valence-corrected chi connectivity index (χ4v) is 2.42. The molecule has 0 unspecified atom stereocenters. The van der Waals surface area contributed by atoms with Gasteiger partial charge in [0.2, 0.25) is 5.90 Å². The van der Waals surface area contributed by atoms with Gasteiger partial charge in [-0.3, -0.25) is 0 Å². The van der Waals surface area contributed by atoms with Crippen molar-refractivity contribution in [1.82, 2.24) is 0 Å². The maximum atomic E-state index is 14.4. The molecule has 3 rings (SSSR count). The molecular formula is C16H11F4NO2. The van der Waals surface area contributed by atoms with E-state index in [0.717, 1.165) is 0 Å². The summed E-state index contributed by atoms with van der Waals surface area (Å²) < 4.78 is 66.3. The second-order valence-corrected chi connectivity index (χ2v) is 4.74. The molecule has 3 nitrogen and oxygen atoms in total. The molecule has 1 aliphatic heterocycles. The van der Waals surface area contributed by atoms with Crippen molar-refractivity contribution in [1.29, 1.82) is 0 Å². The summed E-state index contributed by atoms with van der Waals surface area (Å²) in [4.78, 5) is 3.88. The van der Waals surface area contributed by atoms with Crippen LogP contribution in [0.25, 0.3) is 11.1 Å². The van der Waals surface area contributed by atoms with Crippen LogP contribution in [0.2, 0.25) is 0 Å². The number of ether oxygens (including phenoxy) is 2. The molecule has 0 amide bonds. The average molecular weight is 325 g/mol. The Hall–Kier alpha value is -2.57. The lowest BCUT2D eigenvalue weighted by atomic mass is 9.96. The summed E-state index contributed by atoms with van der Waals surface area (Å²) >= 11 is 0. The van der Waals surface area contributed by atoms with Crippen molar-refractivity contribution in [2.45, 2.75) is 0 Å². The summed E-state index contributed by atoms with van der Waals surface area (Å²) in [6.07, 6.45) is 0. The Balaban J connectivity index is 2.39. The molecule has 0 saturated heterocycles. The lowest BCUT2D eigenvalue weighted by molar-refractivity contribution is 0.344. The third-order valence-corrected chi connectivity index (χ3v) is 3.44. The highest BCUT2D eigenvalue weighted by atomic mass is 19.2. The normalized spacial score (nSPS) is 13.7. The zero-order valence-electron chi connectivity index (χ0n) is 12.0. The highest BCUT2D eigenvalue weighted by Gasteiger charge is 2.31. The summed E-state index contributed by atoms with van der Waals surface area (Å²) in [6, 6.07) is 6.05. The minimum absolute atomic E-state index is 0.0681. The smallest absolute Gasteiger partial charge is 0.220 e. The molecule has 2 aromatic rings. The minimum atomic E-state index is -1.91. The van der Waals surface area contributed by atoms with E-state index in [9.17, 15) is 17.6 Å². The number of nitrogens with zero attached hydrogens (tertiary/aromatic N) is 1. The Bertz CT molecular complexity index is 805. The summed E-state index contributed by atoms with van der Waals surface area (Å²) in [6.45, 7) is 0.376. The Morgan fingerprint density at radius 2 is 1.61 bits per heavy atom. The Morgan fingerprint density at radius 3 is 2.22 bits per heavy atom. The molecule has 1 aliphatic rings. The molecule has 2 aromatic carbocycles. The first-order valence-corrected chi connectivity index (χ1v) is 6.73. The van der Waals surface area contributed by atoms with E-state index in [0.29, 0.717) is 0 Å². The van der Waals surface area contributed by atoms with Crippen molar-refractivity contribution in [3.63, 3.8) is 0 Å². The number of benzene rings is 2. The molecule has 23 heavy (non-hydrogen) atoms. The predicted octanol–water partition coefficient (Wildman–Crippen LogP) is 3.70. The zero-order valence-corrected chi connectivity index (χ0v) is 12.0. The lowest BCUT2D eigenvalue weighted by Gasteiger charge is -2.15. The van der Waals surface area contributed by atoms with Gasteiger partial charge in [-0.25, -0.2) is 22.6 Å². The summed E-state index contributed by atoms with van der Waals surface area (Å²) in [5.41, 5.74) is -0.971. The van der Waals surface area contributed by atoms with Crippen LogP contribution in [-0.4, -0.2) is 26.2 Å². The molecule has 120 valence electrons. The van der Waals surface area contributed by atoms with Gasteiger partial charge in [0.1, 0.15) is 12.4 Å². The molecule has 0 aliphatic carbocycles. The topological polar surface area (TPSA) is 30.8 Å². The van der Waals surface area contributed by atoms with Gasteiger partial charge in [-0.2, -0.15) is 0 Å². The number of hydrogen-bond donors (Lipinski definition) is 0. The maximum absolute atomic E-state index is 14.4. The lowest BCUT2D eigenvalue weighted by Crippen LogP contribution is -2.13. The molecule has 0 bridgehead atoms. The van der Waals surface area contributed by atoms with E-state index < -0.39 is 34.4 Å². The van der Waals surface area contributed by atoms with Crippen LogP contribution in [0, 0.1) is 23.3 Å². The Morgan fingerprint density at radius 1 is 0.957 bits per heavy atom. The van der Waals surface area contributed by atoms with Crippen LogP contribution < -0.4 is 4.74 Å². The number of methoxy groups -OCH3 is 1. The second kappa shape index (κ2) is 5.91. The molecule has 0 fully saturated rings. The average Bonchev–Trinajstić information content (AvgIpc) is 3.10. The summed E-state index contributed by atoms with van der Waals surface area (Å²) in [5.74, 6) is -6.97. The molecule has 0 atom stereocenters. The number of aliphatic imine (C=N–C) groups is 1. The van der Waals surface area contributed by atoms with E-state index >= 15 is 0 Å². The molecular weight excluding hydrogens is 314 g/mol. The van der Waals surface area contributed by atoms with Crippen molar-refractivity contribution in [2.24, 2.45) is 4.99 Å². The summed E-state index contributed by atoms with van der Waals surface area (Å²) in [5, 5.41) is 0. The highest BCUT2D eigenvalue weighted by Crippen LogP contribution is 2.38. The van der Waals surface area contributed by atoms with Gasteiger partial charge >= 0.3 is 0 Å². The molecule has 0 aromatic heterocycles. The number of rotatable bonds is 3. The van der Waals surface area contributed by atoms with Crippen LogP contribution in [-0.2, 0) is 4.74 Å². The first kappa shape index (κ1) is 15.3. The van der Waals surface area contributed by atoms with Crippen molar-refractivity contribution < 1.29 is 27.0 Å². The van der Waals surface area contributed by atoms with Gasteiger partial charge in [0.25, 0.3) is 0 Å². The molecule has 7 heteroatoms. The van der Waals surface area contributed by atoms with Gasteiger partial charge in [0.05, 0.1) is 19.2 Å². The van der Waals surface area contributed by atoms with Gasteiger partial charge in [0.15, 0.2) is 23.3 Å². The SMILES string of the molecule is COc1ccccc1-c1c(F)c(F)c(F)c(F)c1C1=NCCO1. The number of para-hydroxylation sites is 1. The molecule has 0 saturated carbocycles. The van der Waals surface area contributed by atoms with E-state index in [1.807, 2.05) is 0 Å². The standard InChI is InChI=1S/C16H11F4NO2/c1-22-9-5-3-2-4-8(9)10-11(16-21-6-7-23-16)13(18)15(20)14(19)12(10)17/h2-5H,6-7H2,1H3. The van der Waals surface area contributed by atoms with Crippen molar-refractivity contribution in [3.05, 3.63) is 53.1 Å². The van der Waals surface area contributed by atoms with Crippen LogP contribution in [0.1, 0.15) is 5.56 Å². The van der Waals surface area contributed by atoms with E-state index in [2.05, 4.69) is 4.99 Å². The van der Waals surface area contributed by atoms with Crippen molar-refractivity contribution in [3.8, 4) is 16.9 Å². The van der Waals surface area contributed by atoms with Crippen molar-refractivity contribution in [2.75, 3.05) is 20.3 Å². The van der Waals surface area contributed by atoms with Gasteiger partial charge in [-0.15, -0.1) is 0 Å². The van der Waals surface area contributed by atoms with E-state index in [1.165, 1.54) is 25.3 Å². The van der Waals surface area contributed by atoms with Gasteiger partial charge in [-0.1, -0.05) is 18.2 Å². The fourth-order valence-electron chi connectivity index (χ4n) is 2.42. The van der Waals surface area contributed by atoms with Gasteiger partial charge < -0.3 is 9.47 Å². The number of hydrogen-bond acceptors (Lipinski definition) is 3. The first-order chi connectivity index (χ1) is 11.1. The Kier molecular flexibility index (Phi) is 3.94. The van der Waals surface area contributed by atoms with E-state index in [1.54, 1.807) is 6.07 Å². The quantitative estimate of drug-likeness (QED) is 0.489. The van der Waals surface area contributed by atoms with Crippen LogP contribution in [0.3, 0.4) is 0 Å². The highest BCUT2D eigenvalue weighted by molar-refractivity contribution is 6.02. The molecule has 0 spiro atoms. The third kappa shape index (κ3) is 2.42. The van der Waals surface area contributed by atoms with Crippen molar-refractivity contribution >= 4 is 5.90 Å². The van der Waals surface area contributed by atoms with Gasteiger partial charge in [-0.05, 0) is 6.07 Å². The first-order valence-electron chi connectivity index (χ1n) is 6.73. The monoisotopic (exact) mass is 325 g/mol. The minimum Gasteiger partial charge on any atom is -0.496 e. The predicted molar refractivity (Wildman–Crippen MR) is 75.6 cm³/mol. The second-order valence-electron chi connectivity index (χ2n) is 4.74.